The lowest BCUT2D eigenvalue weighted by Gasteiger charge is -2.49. The summed E-state index contributed by atoms with van der Waals surface area (Å²) in [7, 11) is 0. The molecule has 25 atom stereocenters. The molecule has 0 radical (unpaired) electrons. The zero-order valence-corrected chi connectivity index (χ0v) is 41.5. The molecule has 0 unspecified atom stereocenters. The van der Waals surface area contributed by atoms with Crippen molar-refractivity contribution in [2.75, 3.05) is 39.6 Å². The predicted molar refractivity (Wildman–Crippen MR) is 245 cm³/mol. The van der Waals surface area contributed by atoms with Gasteiger partial charge in [0.25, 0.3) is 0 Å². The van der Waals surface area contributed by atoms with E-state index >= 15 is 0 Å². The molecule has 1 aromatic rings. The predicted octanol–water partition coefficient (Wildman–Crippen LogP) is -10.2. The smallest absolute Gasteiger partial charge is 0.407 e. The van der Waals surface area contributed by atoms with E-state index in [4.69, 9.17) is 47.4 Å². The zero-order valence-electron chi connectivity index (χ0n) is 41.5. The lowest BCUT2D eigenvalue weighted by molar-refractivity contribution is -0.362. The fourth-order valence-electron chi connectivity index (χ4n) is 9.16. The van der Waals surface area contributed by atoms with Crippen LogP contribution in [0.1, 0.15) is 25.8 Å². The van der Waals surface area contributed by atoms with Gasteiger partial charge in [0.1, 0.15) is 129 Å². The van der Waals surface area contributed by atoms with E-state index in [-0.39, 0.29) is 13.2 Å². The van der Waals surface area contributed by atoms with Crippen LogP contribution in [0.4, 0.5) is 4.79 Å². The molecule has 32 heteroatoms. The molecule has 6 rings (SSSR count). The fourth-order valence-corrected chi connectivity index (χ4v) is 9.16. The zero-order chi connectivity index (χ0) is 56.4. The molecule has 0 saturated carbocycles. The van der Waals surface area contributed by atoms with Gasteiger partial charge in [0, 0.05) is 26.8 Å². The van der Waals surface area contributed by atoms with Gasteiger partial charge in [0.15, 0.2) is 31.4 Å². The van der Waals surface area contributed by atoms with Gasteiger partial charge in [-0.2, -0.15) is 0 Å². The van der Waals surface area contributed by atoms with E-state index in [1.54, 1.807) is 30.3 Å². The molecule has 5 saturated heterocycles. The van der Waals surface area contributed by atoms with Crippen molar-refractivity contribution >= 4 is 23.8 Å². The Kier molecular flexibility index (Phi) is 22.9. The number of benzene rings is 1. The van der Waals surface area contributed by atoms with Crippen molar-refractivity contribution in [3.63, 3.8) is 0 Å². The minimum atomic E-state index is -2.10. The van der Waals surface area contributed by atoms with Crippen LogP contribution in [0.2, 0.25) is 0 Å². The van der Waals surface area contributed by atoms with Gasteiger partial charge in [0.2, 0.25) is 17.7 Å². The molecule has 0 bridgehead atoms. The summed E-state index contributed by atoms with van der Waals surface area (Å²) in [5.41, 5.74) is 0.682. The number of aliphatic hydroxyl groups excluding tert-OH is 14. The average Bonchev–Trinajstić information content (AvgIpc) is 3.40. The third-order valence-corrected chi connectivity index (χ3v) is 13.3. The van der Waals surface area contributed by atoms with E-state index in [9.17, 15) is 90.7 Å². The van der Waals surface area contributed by atoms with Crippen molar-refractivity contribution < 1.29 is 138 Å². The number of hydrogen-bond donors (Lipinski definition) is 18. The molecule has 5 aliphatic heterocycles. The fraction of sp³-hybridized carbons (Fsp3) is 0.778. The van der Waals surface area contributed by atoms with Crippen molar-refractivity contribution in [2.24, 2.45) is 0 Å². The van der Waals surface area contributed by atoms with Crippen LogP contribution in [0.25, 0.3) is 0 Å². The number of alkyl carbamates (subject to hydrolysis) is 1. The number of hydrogen-bond acceptors (Lipinski definition) is 28. The van der Waals surface area contributed by atoms with Gasteiger partial charge in [-0.1, -0.05) is 30.3 Å². The van der Waals surface area contributed by atoms with Gasteiger partial charge in [0.05, 0.1) is 33.0 Å². The highest BCUT2D eigenvalue weighted by molar-refractivity contribution is 5.77. The number of ether oxygens (including phenoxy) is 10. The van der Waals surface area contributed by atoms with Crippen LogP contribution in [0.5, 0.6) is 0 Å². The van der Waals surface area contributed by atoms with Gasteiger partial charge in [-0.25, -0.2) is 4.79 Å². The highest BCUT2D eigenvalue weighted by Gasteiger charge is 2.56. The SMILES string of the molecule is CC(=O)N[C@H]1[C@H](OC[C@H]2O[C@@H](NC(=O)CCNC(=O)OCc3ccccc3)[C@H](O)[C@@H](O[C@@H]3O[C@H](CO)[C@@H](O[C@@H]4O[C@H](CO)[C@H](O)[C@H](O)[C@H]4O)[C@H](O)[C@H]3NC(C)=O)[C@H]2O)O[C@H](CO)[C@@H](O[C@@H]2O[C@H](CO)[C@H](O)[C@H](O)[C@H]2O)[C@@H]1O. The summed E-state index contributed by atoms with van der Waals surface area (Å²) in [6.07, 6.45) is -43.5. The summed E-state index contributed by atoms with van der Waals surface area (Å²) in [4.78, 5) is 50.9. The summed E-state index contributed by atoms with van der Waals surface area (Å²) in [6.45, 7) is -2.82. The van der Waals surface area contributed by atoms with E-state index < -0.39 is 217 Å². The van der Waals surface area contributed by atoms with Crippen LogP contribution in [0.15, 0.2) is 30.3 Å². The van der Waals surface area contributed by atoms with Crippen molar-refractivity contribution in [3.8, 4) is 0 Å². The average molecular weight is 1120 g/mol. The largest absolute Gasteiger partial charge is 0.445 e. The van der Waals surface area contributed by atoms with E-state index in [2.05, 4.69) is 21.3 Å². The Morgan fingerprint density at radius 3 is 1.45 bits per heavy atom. The number of aliphatic hydroxyl groups is 14. The van der Waals surface area contributed by atoms with Crippen LogP contribution >= 0.6 is 0 Å². The summed E-state index contributed by atoms with van der Waals surface area (Å²) >= 11 is 0. The molecule has 4 amide bonds. The van der Waals surface area contributed by atoms with E-state index in [0.717, 1.165) is 13.8 Å². The minimum absolute atomic E-state index is 0.0861. The standard InChI is InChI=1S/C45H70N4O28/c1-16(54)47-25-30(60)37(75-43-34(64)32(62)27(57)19(10-50)71-43)21(12-52)73-41(25)68-15-23-29(59)39(36(66)40(70-23)49-24(56)8-9-46-45(67)69-14-18-6-4-3-5-7-18)77-42-26(48-17(2)55)31(61)38(22(13-53)74-42)76-44-35(65)33(63)28(58)20(11-51)72-44/h3-7,19-23,25-44,50-53,57-66H,8-15H2,1-2H3,(H,46,67)(H,47,54)(H,48,55)(H,49,56)/t19-,20-,21-,22-,23-,25-,26-,27+,28+,29+,30-,31-,32+,33+,34-,35-,36-,37-,38-,39+,40-,41-,42+,43+,44+/m1/s1. The normalized spacial score (nSPS) is 41.4. The number of carbonyl (C=O) groups excluding carboxylic acids is 4. The first-order valence-corrected chi connectivity index (χ1v) is 24.5. The lowest BCUT2D eigenvalue weighted by Crippen LogP contribution is -2.70. The van der Waals surface area contributed by atoms with E-state index in [1.165, 1.54) is 0 Å². The molecule has 0 aliphatic carbocycles. The Morgan fingerprint density at radius 2 is 0.961 bits per heavy atom. The summed E-state index contributed by atoms with van der Waals surface area (Å²) < 4.78 is 57.2. The number of carbonyl (C=O) groups is 4. The third-order valence-electron chi connectivity index (χ3n) is 13.3. The summed E-state index contributed by atoms with van der Waals surface area (Å²) in [6, 6.07) is 5.31. The monoisotopic (exact) mass is 1110 g/mol. The molecule has 5 fully saturated rings. The molecule has 0 aromatic heterocycles. The first-order valence-electron chi connectivity index (χ1n) is 24.5. The Hall–Kier alpha value is -4.02. The number of amides is 4. The van der Waals surface area contributed by atoms with E-state index in [1.807, 2.05) is 0 Å². The van der Waals surface area contributed by atoms with E-state index in [0.29, 0.717) is 5.56 Å². The Bertz CT molecular complexity index is 2040. The highest BCUT2D eigenvalue weighted by Crippen LogP contribution is 2.34. The molecular weight excluding hydrogens is 1040 g/mol. The second-order valence-corrected chi connectivity index (χ2v) is 18.8. The number of nitrogens with one attached hydrogen (secondary N) is 4. The van der Waals surface area contributed by atoms with Gasteiger partial charge in [-0.3, -0.25) is 14.4 Å². The minimum Gasteiger partial charge on any atom is -0.445 e. The maximum Gasteiger partial charge on any atom is 0.407 e. The van der Waals surface area contributed by atoms with Crippen molar-refractivity contribution in [3.05, 3.63) is 35.9 Å². The molecule has 5 heterocycles. The lowest BCUT2D eigenvalue weighted by atomic mass is 9.94. The van der Waals surface area contributed by atoms with Gasteiger partial charge < -0.3 is 140 Å². The van der Waals surface area contributed by atoms with Gasteiger partial charge in [-0.05, 0) is 5.56 Å². The third kappa shape index (κ3) is 15.3. The topological polar surface area (TPSA) is 492 Å². The Morgan fingerprint density at radius 1 is 0.494 bits per heavy atom. The maximum absolute atomic E-state index is 13.4. The Balaban J connectivity index is 1.22. The Labute approximate surface area is 438 Å². The molecule has 438 valence electrons. The number of rotatable bonds is 21. The second kappa shape index (κ2) is 28.4. The van der Waals surface area contributed by atoms with Crippen molar-refractivity contribution in [1.29, 1.82) is 0 Å². The van der Waals surface area contributed by atoms with Crippen molar-refractivity contribution in [2.45, 2.75) is 180 Å². The van der Waals surface area contributed by atoms with Gasteiger partial charge >= 0.3 is 6.09 Å². The van der Waals surface area contributed by atoms with Crippen LogP contribution < -0.4 is 21.3 Å². The molecule has 18 N–H and O–H groups in total. The van der Waals surface area contributed by atoms with Gasteiger partial charge in [-0.15, -0.1) is 0 Å². The van der Waals surface area contributed by atoms with Crippen LogP contribution in [-0.4, -0.2) is 288 Å². The molecule has 32 nitrogen and oxygen atoms in total. The summed E-state index contributed by atoms with van der Waals surface area (Å²) in [5.74, 6) is -2.48. The molecule has 1 aromatic carbocycles. The molecular formula is C45H70N4O28. The summed E-state index contributed by atoms with van der Waals surface area (Å²) in [5, 5.41) is 159. The quantitative estimate of drug-likeness (QED) is 0.0543. The molecule has 77 heavy (non-hydrogen) atoms. The first-order chi connectivity index (χ1) is 36.6. The van der Waals surface area contributed by atoms with Crippen molar-refractivity contribution in [1.82, 2.24) is 21.3 Å². The van der Waals surface area contributed by atoms with Crippen LogP contribution in [-0.2, 0) is 68.4 Å². The second-order valence-electron chi connectivity index (χ2n) is 18.8. The first kappa shape index (κ1) is 62.2. The highest BCUT2D eigenvalue weighted by atomic mass is 16.8. The van der Waals surface area contributed by atoms with Crippen LogP contribution in [0, 0.1) is 0 Å². The molecule has 0 spiro atoms. The maximum atomic E-state index is 13.4. The van der Waals surface area contributed by atoms with Crippen LogP contribution in [0.3, 0.4) is 0 Å². The molecule has 5 aliphatic rings.